The predicted octanol–water partition coefficient (Wildman–Crippen LogP) is 0.623. The van der Waals surface area contributed by atoms with E-state index in [1.54, 1.807) is 13.0 Å². The Morgan fingerprint density at radius 1 is 1.38 bits per heavy atom. The van der Waals surface area contributed by atoms with Gasteiger partial charge in [0.15, 0.2) is 5.82 Å². The minimum absolute atomic E-state index is 0.0412. The molecule has 9 nitrogen and oxygen atoms in total. The monoisotopic (exact) mass is 380 g/mol. The van der Waals surface area contributed by atoms with Crippen LogP contribution in [0.3, 0.4) is 0 Å². The minimum atomic E-state index is -3.69. The van der Waals surface area contributed by atoms with E-state index in [1.807, 2.05) is 0 Å². The van der Waals surface area contributed by atoms with Gasteiger partial charge < -0.3 is 14.6 Å². The first-order valence-electron chi connectivity index (χ1n) is 8.19. The summed E-state index contributed by atoms with van der Waals surface area (Å²) in [6, 6.07) is 5.86. The van der Waals surface area contributed by atoms with Gasteiger partial charge in [0.2, 0.25) is 15.9 Å². The summed E-state index contributed by atoms with van der Waals surface area (Å²) in [7, 11) is -3.69. The average Bonchev–Trinajstić information content (AvgIpc) is 3.29. The van der Waals surface area contributed by atoms with E-state index in [0.29, 0.717) is 31.5 Å². The molecule has 0 saturated carbocycles. The van der Waals surface area contributed by atoms with Crippen LogP contribution in [0, 0.1) is 12.8 Å². The van der Waals surface area contributed by atoms with Gasteiger partial charge in [0.1, 0.15) is 0 Å². The highest BCUT2D eigenvalue weighted by atomic mass is 32.2. The molecule has 140 valence electrons. The van der Waals surface area contributed by atoms with Gasteiger partial charge in [0.25, 0.3) is 5.91 Å². The highest BCUT2D eigenvalue weighted by Crippen LogP contribution is 2.15. The van der Waals surface area contributed by atoms with Crippen molar-refractivity contribution in [2.24, 2.45) is 5.92 Å². The molecule has 1 saturated heterocycles. The van der Waals surface area contributed by atoms with Gasteiger partial charge in [-0.05, 0) is 30.5 Å². The Bertz CT molecular complexity index is 874. The van der Waals surface area contributed by atoms with Crippen molar-refractivity contribution in [2.75, 3.05) is 19.8 Å². The van der Waals surface area contributed by atoms with Crippen molar-refractivity contribution in [1.82, 2.24) is 20.2 Å². The van der Waals surface area contributed by atoms with Crippen LogP contribution >= 0.6 is 0 Å². The van der Waals surface area contributed by atoms with E-state index >= 15 is 0 Å². The molecule has 2 heterocycles. The van der Waals surface area contributed by atoms with Crippen molar-refractivity contribution in [3.8, 4) is 0 Å². The van der Waals surface area contributed by atoms with Gasteiger partial charge in [0, 0.05) is 25.6 Å². The number of ether oxygens (including phenoxy) is 1. The second-order valence-electron chi connectivity index (χ2n) is 6.02. The number of aryl methyl sites for hydroxylation is 1. The number of amides is 1. The highest BCUT2D eigenvalue weighted by molar-refractivity contribution is 7.89. The summed E-state index contributed by atoms with van der Waals surface area (Å²) < 4.78 is 37.5. The Balaban J connectivity index is 1.63. The fraction of sp³-hybridized carbons (Fsp3) is 0.438. The normalized spacial score (nSPS) is 17.3. The van der Waals surface area contributed by atoms with Crippen LogP contribution in [-0.2, 0) is 21.3 Å². The summed E-state index contributed by atoms with van der Waals surface area (Å²) >= 11 is 0. The standard InChI is InChI=1S/C16H20N4O5S/c1-11-19-15(20-25-11)9-17-16(21)13-3-2-4-14(7-13)26(22,23)18-8-12-5-6-24-10-12/h2-4,7,12,18H,5-6,8-10H2,1H3,(H,17,21). The van der Waals surface area contributed by atoms with Crippen molar-refractivity contribution in [3.63, 3.8) is 0 Å². The van der Waals surface area contributed by atoms with Crippen LogP contribution < -0.4 is 10.0 Å². The summed E-state index contributed by atoms with van der Waals surface area (Å²) in [6.07, 6.45) is 0.834. The number of rotatable bonds is 7. The predicted molar refractivity (Wildman–Crippen MR) is 90.8 cm³/mol. The molecule has 1 atom stereocenters. The molecule has 2 N–H and O–H groups in total. The number of benzene rings is 1. The SMILES string of the molecule is Cc1nc(CNC(=O)c2cccc(S(=O)(=O)NCC3CCOC3)c2)no1. The number of carbonyl (C=O) groups is 1. The number of sulfonamides is 1. The van der Waals surface area contributed by atoms with E-state index < -0.39 is 15.9 Å². The smallest absolute Gasteiger partial charge is 0.251 e. The first kappa shape index (κ1) is 18.5. The van der Waals surface area contributed by atoms with Crippen molar-refractivity contribution < 1.29 is 22.5 Å². The number of carbonyl (C=O) groups excluding carboxylic acids is 1. The van der Waals surface area contributed by atoms with Gasteiger partial charge in [-0.1, -0.05) is 11.2 Å². The van der Waals surface area contributed by atoms with Crippen LogP contribution in [0.25, 0.3) is 0 Å². The number of nitrogens with one attached hydrogen (secondary N) is 2. The summed E-state index contributed by atoms with van der Waals surface area (Å²) in [4.78, 5) is 16.3. The maximum Gasteiger partial charge on any atom is 0.251 e. The molecule has 26 heavy (non-hydrogen) atoms. The van der Waals surface area contributed by atoms with Gasteiger partial charge in [-0.15, -0.1) is 0 Å². The second kappa shape index (κ2) is 7.94. The number of hydrogen-bond acceptors (Lipinski definition) is 7. The Hall–Kier alpha value is -2.30. The molecular formula is C16H20N4O5S. The third-order valence-corrected chi connectivity index (χ3v) is 5.39. The average molecular weight is 380 g/mol. The van der Waals surface area contributed by atoms with Crippen molar-refractivity contribution in [1.29, 1.82) is 0 Å². The minimum Gasteiger partial charge on any atom is -0.381 e. The van der Waals surface area contributed by atoms with E-state index in [1.165, 1.54) is 18.2 Å². The van der Waals surface area contributed by atoms with Crippen LogP contribution in [0.2, 0.25) is 0 Å². The van der Waals surface area contributed by atoms with E-state index in [4.69, 9.17) is 9.26 Å². The molecule has 1 amide bonds. The van der Waals surface area contributed by atoms with Gasteiger partial charge in [-0.2, -0.15) is 4.98 Å². The highest BCUT2D eigenvalue weighted by Gasteiger charge is 2.21. The van der Waals surface area contributed by atoms with Crippen molar-refractivity contribution >= 4 is 15.9 Å². The lowest BCUT2D eigenvalue weighted by Gasteiger charge is -2.11. The number of hydrogen-bond donors (Lipinski definition) is 2. The molecule has 1 aromatic carbocycles. The molecule has 0 spiro atoms. The molecule has 0 aliphatic carbocycles. The molecule has 1 aromatic heterocycles. The van der Waals surface area contributed by atoms with Crippen LogP contribution in [-0.4, -0.2) is 44.2 Å². The van der Waals surface area contributed by atoms with Crippen LogP contribution in [0.15, 0.2) is 33.7 Å². The maximum absolute atomic E-state index is 12.4. The van der Waals surface area contributed by atoms with Crippen LogP contribution in [0.5, 0.6) is 0 Å². The molecule has 0 bridgehead atoms. The molecule has 1 unspecified atom stereocenters. The Labute approximate surface area is 151 Å². The number of aromatic nitrogens is 2. The summed E-state index contributed by atoms with van der Waals surface area (Å²) in [5, 5.41) is 6.31. The Kier molecular flexibility index (Phi) is 5.64. The van der Waals surface area contributed by atoms with Gasteiger partial charge >= 0.3 is 0 Å². The fourth-order valence-electron chi connectivity index (χ4n) is 2.53. The molecular weight excluding hydrogens is 360 g/mol. The van der Waals surface area contributed by atoms with Gasteiger partial charge in [0.05, 0.1) is 18.0 Å². The first-order valence-corrected chi connectivity index (χ1v) is 9.67. The lowest BCUT2D eigenvalue weighted by molar-refractivity contribution is 0.0949. The molecule has 10 heteroatoms. The zero-order valence-corrected chi connectivity index (χ0v) is 15.1. The van der Waals surface area contributed by atoms with E-state index in [2.05, 4.69) is 20.2 Å². The summed E-state index contributed by atoms with van der Waals surface area (Å²) in [6.45, 7) is 3.27. The third kappa shape index (κ3) is 4.65. The Morgan fingerprint density at radius 3 is 2.92 bits per heavy atom. The molecule has 2 aromatic rings. The quantitative estimate of drug-likeness (QED) is 0.722. The van der Waals surface area contributed by atoms with E-state index in [9.17, 15) is 13.2 Å². The van der Waals surface area contributed by atoms with Crippen molar-refractivity contribution in [3.05, 3.63) is 41.5 Å². The van der Waals surface area contributed by atoms with Crippen molar-refractivity contribution in [2.45, 2.75) is 24.8 Å². The maximum atomic E-state index is 12.4. The topological polar surface area (TPSA) is 123 Å². The second-order valence-corrected chi connectivity index (χ2v) is 7.79. The fourth-order valence-corrected chi connectivity index (χ4v) is 3.70. The molecule has 3 rings (SSSR count). The van der Waals surface area contributed by atoms with Crippen LogP contribution in [0.4, 0.5) is 0 Å². The molecule has 1 aliphatic rings. The Morgan fingerprint density at radius 2 is 2.23 bits per heavy atom. The van der Waals surface area contributed by atoms with E-state index in [0.717, 1.165) is 6.42 Å². The zero-order valence-electron chi connectivity index (χ0n) is 14.3. The molecule has 0 radical (unpaired) electrons. The van der Waals surface area contributed by atoms with Gasteiger partial charge in [-0.25, -0.2) is 13.1 Å². The lowest BCUT2D eigenvalue weighted by Crippen LogP contribution is -2.30. The summed E-state index contributed by atoms with van der Waals surface area (Å²) in [5.74, 6) is 0.504. The lowest BCUT2D eigenvalue weighted by atomic mass is 10.1. The van der Waals surface area contributed by atoms with E-state index in [-0.39, 0.29) is 22.9 Å². The zero-order chi connectivity index (χ0) is 18.6. The third-order valence-electron chi connectivity index (χ3n) is 3.97. The molecule has 1 aliphatic heterocycles. The molecule has 1 fully saturated rings. The number of nitrogens with zero attached hydrogens (tertiary/aromatic N) is 2. The van der Waals surface area contributed by atoms with Crippen LogP contribution in [0.1, 0.15) is 28.5 Å². The first-order chi connectivity index (χ1) is 12.4. The largest absolute Gasteiger partial charge is 0.381 e. The van der Waals surface area contributed by atoms with Gasteiger partial charge in [-0.3, -0.25) is 4.79 Å². The summed E-state index contributed by atoms with van der Waals surface area (Å²) in [5.41, 5.74) is 0.234.